The van der Waals surface area contributed by atoms with Crippen LogP contribution in [-0.2, 0) is 0 Å². The molecule has 0 aliphatic carbocycles. The molecule has 1 aromatic rings. The molecule has 1 heterocycles. The average molecular weight is 341 g/mol. The zero-order valence-corrected chi connectivity index (χ0v) is 14.2. The summed E-state index contributed by atoms with van der Waals surface area (Å²) in [6, 6.07) is 3.16. The molecule has 0 radical (unpaired) electrons. The minimum Gasteiger partial charge on any atom is -0.493 e. The normalized spacial score (nSPS) is 16.4. The average Bonchev–Trinajstić information content (AvgIpc) is 2.47. The number of hydrogen-bond acceptors (Lipinski definition) is 4. The first-order valence-electron chi connectivity index (χ1n) is 6.53. The van der Waals surface area contributed by atoms with Gasteiger partial charge in [0.2, 0.25) is 0 Å². The molecule has 1 atom stereocenters. The third-order valence-electron chi connectivity index (χ3n) is 3.65. The fourth-order valence-electron chi connectivity index (χ4n) is 2.46. The third-order valence-corrected chi connectivity index (χ3v) is 3.65. The molecule has 4 nitrogen and oxygen atoms in total. The largest absolute Gasteiger partial charge is 0.493 e. The number of halogens is 3. The van der Waals surface area contributed by atoms with E-state index in [0.717, 1.165) is 26.2 Å². The predicted molar refractivity (Wildman–Crippen MR) is 86.9 cm³/mol. The highest BCUT2D eigenvalue weighted by Gasteiger charge is 2.22. The summed E-state index contributed by atoms with van der Waals surface area (Å²) in [7, 11) is 3.08. The maximum Gasteiger partial charge on any atom is 0.163 e. The first-order chi connectivity index (χ1) is 9.17. The van der Waals surface area contributed by atoms with E-state index in [4.69, 9.17) is 9.47 Å². The van der Waals surface area contributed by atoms with Gasteiger partial charge in [-0.25, -0.2) is 4.39 Å². The Hall–Kier alpha value is -0.750. The van der Waals surface area contributed by atoms with Crippen LogP contribution in [0.4, 0.5) is 4.39 Å². The van der Waals surface area contributed by atoms with Crippen molar-refractivity contribution in [2.45, 2.75) is 13.0 Å². The molecule has 0 saturated carbocycles. The summed E-state index contributed by atoms with van der Waals surface area (Å²) in [6.07, 6.45) is 0. The van der Waals surface area contributed by atoms with E-state index in [2.05, 4.69) is 10.2 Å². The quantitative estimate of drug-likeness (QED) is 0.913. The molecule has 21 heavy (non-hydrogen) atoms. The van der Waals surface area contributed by atoms with Crippen LogP contribution in [0.3, 0.4) is 0 Å². The lowest BCUT2D eigenvalue weighted by molar-refractivity contribution is 0.182. The van der Waals surface area contributed by atoms with E-state index in [1.165, 1.54) is 13.2 Å². The van der Waals surface area contributed by atoms with Gasteiger partial charge in [0.05, 0.1) is 14.2 Å². The molecule has 0 aromatic heterocycles. The molecule has 1 saturated heterocycles. The van der Waals surface area contributed by atoms with E-state index in [-0.39, 0.29) is 36.7 Å². The molecule has 2 rings (SSSR count). The Morgan fingerprint density at radius 3 is 2.14 bits per heavy atom. The predicted octanol–water partition coefficient (Wildman–Crippen LogP) is 2.65. The second kappa shape index (κ2) is 9.30. The van der Waals surface area contributed by atoms with E-state index in [0.29, 0.717) is 17.1 Å². The second-order valence-corrected chi connectivity index (χ2v) is 4.69. The van der Waals surface area contributed by atoms with Gasteiger partial charge < -0.3 is 14.8 Å². The van der Waals surface area contributed by atoms with Crippen molar-refractivity contribution in [1.29, 1.82) is 0 Å². The van der Waals surface area contributed by atoms with Gasteiger partial charge in [0.1, 0.15) is 5.82 Å². The van der Waals surface area contributed by atoms with Gasteiger partial charge in [-0.05, 0) is 13.0 Å². The summed E-state index contributed by atoms with van der Waals surface area (Å²) in [5.41, 5.74) is 0.652. The Morgan fingerprint density at radius 1 is 1.10 bits per heavy atom. The smallest absolute Gasteiger partial charge is 0.163 e. The van der Waals surface area contributed by atoms with E-state index in [1.54, 1.807) is 13.2 Å². The molecule has 1 fully saturated rings. The van der Waals surface area contributed by atoms with Gasteiger partial charge in [0.25, 0.3) is 0 Å². The summed E-state index contributed by atoms with van der Waals surface area (Å²) < 4.78 is 24.5. The number of piperazine rings is 1. The topological polar surface area (TPSA) is 33.7 Å². The van der Waals surface area contributed by atoms with Gasteiger partial charge in [-0.3, -0.25) is 4.90 Å². The molecule has 122 valence electrons. The van der Waals surface area contributed by atoms with Crippen LogP contribution in [0, 0.1) is 5.82 Å². The Labute approximate surface area is 137 Å². The van der Waals surface area contributed by atoms with Crippen LogP contribution in [0.1, 0.15) is 18.5 Å². The van der Waals surface area contributed by atoms with Gasteiger partial charge in [0, 0.05) is 43.9 Å². The molecular formula is C14H23Cl2FN2O2. The number of nitrogens with one attached hydrogen (secondary N) is 1. The monoisotopic (exact) mass is 340 g/mol. The molecule has 0 unspecified atom stereocenters. The van der Waals surface area contributed by atoms with Crippen molar-refractivity contribution in [2.24, 2.45) is 0 Å². The zero-order valence-electron chi connectivity index (χ0n) is 12.5. The molecule has 0 bridgehead atoms. The van der Waals surface area contributed by atoms with Crippen molar-refractivity contribution in [2.75, 3.05) is 40.4 Å². The van der Waals surface area contributed by atoms with Crippen molar-refractivity contribution in [3.8, 4) is 11.5 Å². The summed E-state index contributed by atoms with van der Waals surface area (Å²) in [4.78, 5) is 2.26. The minimum atomic E-state index is -0.247. The Morgan fingerprint density at radius 2 is 1.62 bits per heavy atom. The minimum absolute atomic E-state index is 0. The number of ether oxygens (including phenoxy) is 2. The fourth-order valence-corrected chi connectivity index (χ4v) is 2.46. The highest BCUT2D eigenvalue weighted by Crippen LogP contribution is 2.34. The molecule has 1 N–H and O–H groups in total. The van der Waals surface area contributed by atoms with Gasteiger partial charge in [-0.1, -0.05) is 0 Å². The molecule has 1 aliphatic heterocycles. The molecule has 0 amide bonds. The van der Waals surface area contributed by atoms with Crippen LogP contribution >= 0.6 is 24.8 Å². The highest BCUT2D eigenvalue weighted by molar-refractivity contribution is 5.85. The van der Waals surface area contributed by atoms with E-state index >= 15 is 0 Å². The molecule has 7 heteroatoms. The van der Waals surface area contributed by atoms with Crippen LogP contribution in [-0.4, -0.2) is 45.3 Å². The fraction of sp³-hybridized carbons (Fsp3) is 0.571. The lowest BCUT2D eigenvalue weighted by Gasteiger charge is -2.33. The molecular weight excluding hydrogens is 318 g/mol. The Bertz CT molecular complexity index is 443. The van der Waals surface area contributed by atoms with Crippen LogP contribution < -0.4 is 14.8 Å². The van der Waals surface area contributed by atoms with Crippen molar-refractivity contribution in [3.05, 3.63) is 23.5 Å². The van der Waals surface area contributed by atoms with Crippen molar-refractivity contribution in [1.82, 2.24) is 10.2 Å². The standard InChI is InChI=1S/C14H21FN2O2.2ClH/c1-10(17-6-4-16-5-7-17)11-8-13(18-2)14(19-3)9-12(11)15;;/h8-10,16H,4-7H2,1-3H3;2*1H/t10-;;/m0../s1. The van der Waals surface area contributed by atoms with Crippen molar-refractivity contribution in [3.63, 3.8) is 0 Å². The second-order valence-electron chi connectivity index (χ2n) is 4.69. The van der Waals surface area contributed by atoms with Gasteiger partial charge in [-0.2, -0.15) is 0 Å². The molecule has 0 spiro atoms. The van der Waals surface area contributed by atoms with Crippen LogP contribution in [0.25, 0.3) is 0 Å². The van der Waals surface area contributed by atoms with Gasteiger partial charge in [0.15, 0.2) is 11.5 Å². The maximum absolute atomic E-state index is 14.2. The van der Waals surface area contributed by atoms with E-state index < -0.39 is 0 Å². The number of nitrogens with zero attached hydrogens (tertiary/aromatic N) is 1. The van der Waals surface area contributed by atoms with E-state index in [9.17, 15) is 4.39 Å². The zero-order chi connectivity index (χ0) is 13.8. The first kappa shape index (κ1) is 20.2. The lowest BCUT2D eigenvalue weighted by atomic mass is 10.0. The van der Waals surface area contributed by atoms with Crippen LogP contribution in [0.5, 0.6) is 11.5 Å². The number of rotatable bonds is 4. The summed E-state index contributed by atoms with van der Waals surface area (Å²) >= 11 is 0. The number of methoxy groups -OCH3 is 2. The highest BCUT2D eigenvalue weighted by atomic mass is 35.5. The summed E-state index contributed by atoms with van der Waals surface area (Å²) in [5, 5.41) is 3.30. The molecule has 1 aliphatic rings. The van der Waals surface area contributed by atoms with Crippen molar-refractivity contribution < 1.29 is 13.9 Å². The van der Waals surface area contributed by atoms with Crippen LogP contribution in [0.2, 0.25) is 0 Å². The Balaban J connectivity index is 0.00000200. The number of benzene rings is 1. The summed E-state index contributed by atoms with van der Waals surface area (Å²) in [5.74, 6) is 0.751. The van der Waals surface area contributed by atoms with Crippen LogP contribution in [0.15, 0.2) is 12.1 Å². The number of hydrogen-bond donors (Lipinski definition) is 1. The van der Waals surface area contributed by atoms with E-state index in [1.807, 2.05) is 6.92 Å². The first-order valence-corrected chi connectivity index (χ1v) is 6.53. The lowest BCUT2D eigenvalue weighted by Crippen LogP contribution is -2.44. The summed E-state index contributed by atoms with van der Waals surface area (Å²) in [6.45, 7) is 5.76. The maximum atomic E-state index is 14.2. The van der Waals surface area contributed by atoms with Gasteiger partial charge in [-0.15, -0.1) is 24.8 Å². The third kappa shape index (κ3) is 4.61. The SMILES string of the molecule is COc1cc(F)c([C@H](C)N2CCNCC2)cc1OC.Cl.Cl. The Kier molecular flexibility index (Phi) is 8.97. The molecule has 1 aromatic carbocycles. The van der Waals surface area contributed by atoms with Gasteiger partial charge >= 0.3 is 0 Å². The van der Waals surface area contributed by atoms with Crippen molar-refractivity contribution >= 4 is 24.8 Å².